The number of amides is 2. The molecule has 1 atom stereocenters. The summed E-state index contributed by atoms with van der Waals surface area (Å²) in [6, 6.07) is 7.08. The van der Waals surface area contributed by atoms with E-state index in [0.29, 0.717) is 30.2 Å². The summed E-state index contributed by atoms with van der Waals surface area (Å²) in [5, 5.41) is 3.77. The molecule has 1 saturated carbocycles. The Morgan fingerprint density at radius 2 is 1.72 bits per heavy atom. The lowest BCUT2D eigenvalue weighted by Crippen LogP contribution is -2.47. The van der Waals surface area contributed by atoms with Crippen LogP contribution in [0.2, 0.25) is 5.02 Å². The van der Waals surface area contributed by atoms with Crippen LogP contribution in [0, 0.1) is 5.92 Å². The number of nitrogens with one attached hydrogen (secondary N) is 1. The number of carbonyl (C=O) groups excluding carboxylic acids is 2. The molecule has 0 radical (unpaired) electrons. The summed E-state index contributed by atoms with van der Waals surface area (Å²) in [5.74, 6) is 0.463. The highest BCUT2D eigenvalue weighted by molar-refractivity contribution is 6.30. The van der Waals surface area contributed by atoms with E-state index < -0.39 is 0 Å². The fraction of sp³-hybridized carbons (Fsp3) is 0.652. The van der Waals surface area contributed by atoms with Gasteiger partial charge in [0.1, 0.15) is 0 Å². The Kier molecular flexibility index (Phi) is 6.45. The van der Waals surface area contributed by atoms with E-state index in [4.69, 9.17) is 16.3 Å². The Hall–Kier alpha value is -1.59. The number of rotatable bonds is 4. The largest absolute Gasteiger partial charge is 0.370 e. The molecule has 2 aliphatic heterocycles. The first-order valence-electron chi connectivity index (χ1n) is 11.1. The van der Waals surface area contributed by atoms with Crippen LogP contribution in [0.15, 0.2) is 24.3 Å². The molecule has 1 N–H and O–H groups in total. The van der Waals surface area contributed by atoms with Gasteiger partial charge in [0.05, 0.1) is 11.7 Å². The molecule has 1 aliphatic carbocycles. The first-order valence-corrected chi connectivity index (χ1v) is 11.4. The average molecular weight is 419 g/mol. The van der Waals surface area contributed by atoms with E-state index in [1.165, 1.54) is 19.3 Å². The number of carbonyl (C=O) groups is 2. The number of benzene rings is 1. The van der Waals surface area contributed by atoms with E-state index in [0.717, 1.165) is 38.5 Å². The highest BCUT2D eigenvalue weighted by atomic mass is 35.5. The zero-order chi connectivity index (χ0) is 20.3. The monoisotopic (exact) mass is 418 g/mol. The number of hydrogen-bond donors (Lipinski definition) is 1. The van der Waals surface area contributed by atoms with Gasteiger partial charge >= 0.3 is 0 Å². The summed E-state index contributed by atoms with van der Waals surface area (Å²) in [6.45, 7) is 2.04. The minimum absolute atomic E-state index is 0.0609. The molecule has 2 amide bonds. The second-order valence-electron chi connectivity index (χ2n) is 8.84. The maximum Gasteiger partial charge on any atom is 0.253 e. The molecule has 2 heterocycles. The lowest BCUT2D eigenvalue weighted by atomic mass is 9.88. The summed E-state index contributed by atoms with van der Waals surface area (Å²) in [7, 11) is 0. The zero-order valence-electron chi connectivity index (χ0n) is 17.0. The third-order valence-electron chi connectivity index (χ3n) is 6.87. The van der Waals surface area contributed by atoms with Crippen molar-refractivity contribution in [2.24, 2.45) is 5.92 Å². The number of ether oxygens (including phenoxy) is 1. The molecular formula is C23H31ClN2O3. The highest BCUT2D eigenvalue weighted by Gasteiger charge is 2.43. The fourth-order valence-corrected chi connectivity index (χ4v) is 5.15. The third kappa shape index (κ3) is 4.95. The minimum atomic E-state index is -0.128. The first kappa shape index (κ1) is 20.7. The maximum absolute atomic E-state index is 12.7. The average Bonchev–Trinajstić information content (AvgIpc) is 3.15. The van der Waals surface area contributed by atoms with Gasteiger partial charge in [-0.05, 0) is 62.8 Å². The number of hydrogen-bond acceptors (Lipinski definition) is 3. The fourth-order valence-electron chi connectivity index (χ4n) is 5.02. The normalized spacial score (nSPS) is 24.6. The van der Waals surface area contributed by atoms with Crippen LogP contribution in [0.25, 0.3) is 0 Å². The topological polar surface area (TPSA) is 58.6 Å². The van der Waals surface area contributed by atoms with Gasteiger partial charge in [-0.2, -0.15) is 0 Å². The quantitative estimate of drug-likeness (QED) is 0.797. The third-order valence-corrected chi connectivity index (χ3v) is 7.12. The Labute approximate surface area is 178 Å². The van der Waals surface area contributed by atoms with E-state index >= 15 is 0 Å². The lowest BCUT2D eigenvalue weighted by molar-refractivity contribution is -0.127. The molecule has 5 nitrogen and oxygen atoms in total. The van der Waals surface area contributed by atoms with E-state index in [9.17, 15) is 9.59 Å². The molecule has 1 spiro atoms. The molecule has 3 aliphatic rings. The molecule has 6 heteroatoms. The van der Waals surface area contributed by atoms with E-state index in [1.807, 2.05) is 4.90 Å². The second-order valence-corrected chi connectivity index (χ2v) is 9.28. The summed E-state index contributed by atoms with van der Waals surface area (Å²) >= 11 is 5.92. The molecule has 1 aromatic rings. The molecule has 4 rings (SSSR count). The Morgan fingerprint density at radius 3 is 2.41 bits per heavy atom. The molecule has 0 bridgehead atoms. The van der Waals surface area contributed by atoms with Gasteiger partial charge in [0.25, 0.3) is 5.91 Å². The van der Waals surface area contributed by atoms with Crippen molar-refractivity contribution >= 4 is 23.4 Å². The van der Waals surface area contributed by atoms with Crippen molar-refractivity contribution in [2.75, 3.05) is 19.6 Å². The van der Waals surface area contributed by atoms with Gasteiger partial charge in [-0.3, -0.25) is 9.59 Å². The smallest absolute Gasteiger partial charge is 0.253 e. The van der Waals surface area contributed by atoms with Gasteiger partial charge in [-0.15, -0.1) is 0 Å². The molecule has 29 heavy (non-hydrogen) atoms. The van der Waals surface area contributed by atoms with E-state index in [-0.39, 0.29) is 29.4 Å². The number of piperidine rings is 1. The van der Waals surface area contributed by atoms with Gasteiger partial charge in [0, 0.05) is 36.1 Å². The van der Waals surface area contributed by atoms with Crippen molar-refractivity contribution in [3.8, 4) is 0 Å². The predicted octanol–water partition coefficient (Wildman–Crippen LogP) is 4.19. The Morgan fingerprint density at radius 1 is 1.03 bits per heavy atom. The molecule has 3 fully saturated rings. The minimum Gasteiger partial charge on any atom is -0.370 e. The summed E-state index contributed by atoms with van der Waals surface area (Å²) in [4.78, 5) is 27.0. The van der Waals surface area contributed by atoms with E-state index in [2.05, 4.69) is 5.32 Å². The standard InChI is InChI=1S/C23H31ClN2O3/c24-19-8-6-18(7-9-19)22(28)26-14-12-23(13-15-26)11-10-20(29-23)16-25-21(27)17-4-2-1-3-5-17/h6-9,17,20H,1-5,10-16H2,(H,25,27)/t20-/m0/s1. The SMILES string of the molecule is O=C(NC[C@@H]1CCC2(CCN(C(=O)c3ccc(Cl)cc3)CC2)O1)C1CCCCC1. The molecule has 0 aromatic heterocycles. The molecule has 158 valence electrons. The van der Waals surface area contributed by atoms with Crippen molar-refractivity contribution in [1.82, 2.24) is 10.2 Å². The van der Waals surface area contributed by atoms with Crippen LogP contribution in [0.4, 0.5) is 0 Å². The van der Waals surface area contributed by atoms with Crippen molar-refractivity contribution < 1.29 is 14.3 Å². The van der Waals surface area contributed by atoms with Crippen LogP contribution in [0.5, 0.6) is 0 Å². The Balaban J connectivity index is 1.23. The highest BCUT2D eigenvalue weighted by Crippen LogP contribution is 2.39. The Bertz CT molecular complexity index is 722. The van der Waals surface area contributed by atoms with E-state index in [1.54, 1.807) is 24.3 Å². The van der Waals surface area contributed by atoms with Gasteiger partial charge in [-0.1, -0.05) is 30.9 Å². The van der Waals surface area contributed by atoms with Crippen molar-refractivity contribution in [3.05, 3.63) is 34.9 Å². The van der Waals surface area contributed by atoms with Crippen molar-refractivity contribution in [3.63, 3.8) is 0 Å². The van der Waals surface area contributed by atoms with Crippen LogP contribution >= 0.6 is 11.6 Å². The molecular weight excluding hydrogens is 388 g/mol. The predicted molar refractivity (Wildman–Crippen MR) is 113 cm³/mol. The van der Waals surface area contributed by atoms with Gasteiger partial charge in [0.2, 0.25) is 5.91 Å². The molecule has 0 unspecified atom stereocenters. The van der Waals surface area contributed by atoms with Crippen molar-refractivity contribution in [2.45, 2.75) is 69.5 Å². The van der Waals surface area contributed by atoms with Crippen LogP contribution < -0.4 is 5.32 Å². The van der Waals surface area contributed by atoms with Gasteiger partial charge < -0.3 is 15.0 Å². The van der Waals surface area contributed by atoms with Crippen LogP contribution in [-0.2, 0) is 9.53 Å². The first-order chi connectivity index (χ1) is 14.0. The van der Waals surface area contributed by atoms with Crippen LogP contribution in [0.3, 0.4) is 0 Å². The van der Waals surface area contributed by atoms with Crippen LogP contribution in [-0.4, -0.2) is 48.1 Å². The number of likely N-dealkylation sites (tertiary alicyclic amines) is 1. The summed E-state index contributed by atoms with van der Waals surface area (Å²) in [6.07, 6.45) is 9.47. The second kappa shape index (κ2) is 9.05. The van der Waals surface area contributed by atoms with Crippen LogP contribution in [0.1, 0.15) is 68.1 Å². The summed E-state index contributed by atoms with van der Waals surface area (Å²) < 4.78 is 6.41. The van der Waals surface area contributed by atoms with Crippen molar-refractivity contribution in [1.29, 1.82) is 0 Å². The number of nitrogens with zero attached hydrogens (tertiary/aromatic N) is 1. The molecule has 1 aromatic carbocycles. The maximum atomic E-state index is 12.7. The lowest BCUT2D eigenvalue weighted by Gasteiger charge is -2.39. The van der Waals surface area contributed by atoms with Gasteiger partial charge in [0.15, 0.2) is 0 Å². The number of halogens is 1. The van der Waals surface area contributed by atoms with Gasteiger partial charge in [-0.25, -0.2) is 0 Å². The molecule has 2 saturated heterocycles. The zero-order valence-corrected chi connectivity index (χ0v) is 17.8. The summed E-state index contributed by atoms with van der Waals surface area (Å²) in [5.41, 5.74) is 0.554.